The van der Waals surface area contributed by atoms with E-state index in [9.17, 15) is 9.18 Å². The lowest BCUT2D eigenvalue weighted by Crippen LogP contribution is -2.06. The van der Waals surface area contributed by atoms with E-state index < -0.39 is 6.17 Å². The molecule has 0 bridgehead atoms. The molecule has 0 N–H and O–H groups in total. The van der Waals surface area contributed by atoms with Crippen molar-refractivity contribution in [2.24, 2.45) is 0 Å². The Kier molecular flexibility index (Phi) is 6.66. The molecular formula is C8H15FO3. The molecule has 0 heterocycles. The molecule has 0 rings (SSSR count). The van der Waals surface area contributed by atoms with Gasteiger partial charge in [-0.2, -0.15) is 0 Å². The molecule has 1 unspecified atom stereocenters. The minimum atomic E-state index is -0.790. The van der Waals surface area contributed by atoms with Crippen LogP contribution in [0.2, 0.25) is 0 Å². The van der Waals surface area contributed by atoms with E-state index in [4.69, 9.17) is 4.74 Å². The van der Waals surface area contributed by atoms with Gasteiger partial charge in [0, 0.05) is 6.92 Å². The van der Waals surface area contributed by atoms with Crippen molar-refractivity contribution in [1.82, 2.24) is 0 Å². The van der Waals surface area contributed by atoms with Gasteiger partial charge < -0.3 is 9.47 Å². The largest absolute Gasteiger partial charge is 0.439 e. The van der Waals surface area contributed by atoms with Crippen molar-refractivity contribution in [1.29, 1.82) is 0 Å². The van der Waals surface area contributed by atoms with Crippen LogP contribution >= 0.6 is 0 Å². The summed E-state index contributed by atoms with van der Waals surface area (Å²) in [5.74, 6) is -0.367. The van der Waals surface area contributed by atoms with Gasteiger partial charge in [0.05, 0.1) is 12.8 Å². The van der Waals surface area contributed by atoms with Crippen molar-refractivity contribution in [3.8, 4) is 0 Å². The zero-order valence-corrected chi connectivity index (χ0v) is 7.51. The minimum absolute atomic E-state index is 0.0317. The Morgan fingerprint density at radius 2 is 2.25 bits per heavy atom. The summed E-state index contributed by atoms with van der Waals surface area (Å²) in [6.07, 6.45) is 0.348. The van der Waals surface area contributed by atoms with Crippen LogP contribution in [0.3, 0.4) is 0 Å². The summed E-state index contributed by atoms with van der Waals surface area (Å²) in [5, 5.41) is 0. The fourth-order valence-electron chi connectivity index (χ4n) is 0.650. The monoisotopic (exact) mass is 178 g/mol. The summed E-state index contributed by atoms with van der Waals surface area (Å²) in [7, 11) is 0. The van der Waals surface area contributed by atoms with Crippen molar-refractivity contribution in [3.05, 3.63) is 0 Å². The Balaban J connectivity index is 2.96. The molecule has 0 aromatic rings. The highest BCUT2D eigenvalue weighted by atomic mass is 19.1. The van der Waals surface area contributed by atoms with Crippen LogP contribution in [-0.2, 0) is 14.3 Å². The van der Waals surface area contributed by atoms with Crippen LogP contribution in [0, 0.1) is 0 Å². The van der Waals surface area contributed by atoms with Gasteiger partial charge in [-0.15, -0.1) is 0 Å². The highest BCUT2D eigenvalue weighted by Crippen LogP contribution is 1.99. The van der Waals surface area contributed by atoms with E-state index in [1.165, 1.54) is 13.8 Å². The molecule has 4 heteroatoms. The third-order valence-corrected chi connectivity index (χ3v) is 1.24. The average molecular weight is 178 g/mol. The summed E-state index contributed by atoms with van der Waals surface area (Å²) in [5.41, 5.74) is 0. The van der Waals surface area contributed by atoms with Crippen LogP contribution < -0.4 is 0 Å². The van der Waals surface area contributed by atoms with Gasteiger partial charge in [0.2, 0.25) is 0 Å². The van der Waals surface area contributed by atoms with Gasteiger partial charge in [0.25, 0.3) is 0 Å². The number of carbonyl (C=O) groups is 1. The van der Waals surface area contributed by atoms with Gasteiger partial charge in [-0.05, 0) is 19.8 Å². The summed E-state index contributed by atoms with van der Waals surface area (Å²) >= 11 is 0. The number of esters is 1. The van der Waals surface area contributed by atoms with Gasteiger partial charge in [0.1, 0.15) is 0 Å². The first kappa shape index (κ1) is 11.4. The topological polar surface area (TPSA) is 35.5 Å². The summed E-state index contributed by atoms with van der Waals surface area (Å²) in [6, 6.07) is 0. The molecule has 0 saturated heterocycles. The standard InChI is InChI=1S/C8H15FO3/c1-7(9)4-3-5-11-6-12-8(2)10/h7H,3-6H2,1-2H3. The van der Waals surface area contributed by atoms with Crippen LogP contribution in [0.5, 0.6) is 0 Å². The van der Waals surface area contributed by atoms with Crippen molar-refractivity contribution < 1.29 is 18.7 Å². The molecule has 0 amide bonds. The number of hydrogen-bond acceptors (Lipinski definition) is 3. The Labute approximate surface area is 71.8 Å². The fourth-order valence-corrected chi connectivity index (χ4v) is 0.650. The molecule has 0 fully saturated rings. The van der Waals surface area contributed by atoms with Crippen LogP contribution in [0.15, 0.2) is 0 Å². The summed E-state index contributed by atoms with van der Waals surface area (Å²) in [6.45, 7) is 3.22. The predicted octanol–water partition coefficient (Wildman–Crippen LogP) is 1.66. The SMILES string of the molecule is CC(=O)OCOCCCC(C)F. The van der Waals surface area contributed by atoms with Crippen LogP contribution in [-0.4, -0.2) is 25.5 Å². The first-order chi connectivity index (χ1) is 5.63. The highest BCUT2D eigenvalue weighted by Gasteiger charge is 1.97. The fraction of sp³-hybridized carbons (Fsp3) is 0.875. The third-order valence-electron chi connectivity index (χ3n) is 1.24. The highest BCUT2D eigenvalue weighted by molar-refractivity contribution is 5.65. The number of halogens is 1. The Bertz CT molecular complexity index is 125. The number of rotatable bonds is 6. The maximum atomic E-state index is 12.2. The van der Waals surface area contributed by atoms with Crippen molar-refractivity contribution >= 4 is 5.97 Å². The molecule has 0 aromatic heterocycles. The van der Waals surface area contributed by atoms with Gasteiger partial charge in [0.15, 0.2) is 6.79 Å². The van der Waals surface area contributed by atoms with Crippen molar-refractivity contribution in [2.75, 3.05) is 13.4 Å². The number of ether oxygens (including phenoxy) is 2. The van der Waals surface area contributed by atoms with Crippen LogP contribution in [0.1, 0.15) is 26.7 Å². The number of carbonyl (C=O) groups excluding carboxylic acids is 1. The zero-order valence-electron chi connectivity index (χ0n) is 7.51. The molecule has 0 aliphatic rings. The van der Waals surface area contributed by atoms with Crippen LogP contribution in [0.4, 0.5) is 4.39 Å². The maximum Gasteiger partial charge on any atom is 0.304 e. The van der Waals surface area contributed by atoms with Gasteiger partial charge >= 0.3 is 5.97 Å². The molecule has 0 radical (unpaired) electrons. The molecular weight excluding hydrogens is 163 g/mol. The molecule has 0 saturated carbocycles. The van der Waals surface area contributed by atoms with E-state index in [-0.39, 0.29) is 12.8 Å². The third kappa shape index (κ3) is 9.36. The molecule has 0 aromatic carbocycles. The smallest absolute Gasteiger partial charge is 0.304 e. The second-order valence-corrected chi connectivity index (χ2v) is 2.59. The second kappa shape index (κ2) is 7.03. The maximum absolute atomic E-state index is 12.2. The minimum Gasteiger partial charge on any atom is -0.439 e. The van der Waals surface area contributed by atoms with Crippen LogP contribution in [0.25, 0.3) is 0 Å². The summed E-state index contributed by atoms with van der Waals surface area (Å²) in [4.78, 5) is 10.2. The average Bonchev–Trinajstić information content (AvgIpc) is 1.95. The molecule has 3 nitrogen and oxygen atoms in total. The number of alkyl halides is 1. The molecule has 0 aliphatic carbocycles. The predicted molar refractivity (Wildman–Crippen MR) is 42.4 cm³/mol. The van der Waals surface area contributed by atoms with E-state index in [1.54, 1.807) is 0 Å². The van der Waals surface area contributed by atoms with Gasteiger partial charge in [-0.25, -0.2) is 4.39 Å². The quantitative estimate of drug-likeness (QED) is 0.352. The first-order valence-electron chi connectivity index (χ1n) is 3.98. The van der Waals surface area contributed by atoms with E-state index >= 15 is 0 Å². The molecule has 12 heavy (non-hydrogen) atoms. The van der Waals surface area contributed by atoms with Gasteiger partial charge in [-0.3, -0.25) is 4.79 Å². The van der Waals surface area contributed by atoms with E-state index in [2.05, 4.69) is 4.74 Å². The van der Waals surface area contributed by atoms with E-state index in [0.717, 1.165) is 0 Å². The molecule has 0 aliphatic heterocycles. The lowest BCUT2D eigenvalue weighted by atomic mass is 10.2. The van der Waals surface area contributed by atoms with Crippen molar-refractivity contribution in [3.63, 3.8) is 0 Å². The summed E-state index contributed by atoms with van der Waals surface area (Å²) < 4.78 is 21.6. The number of hydrogen-bond donors (Lipinski definition) is 0. The Morgan fingerprint density at radius 3 is 2.75 bits per heavy atom. The van der Waals surface area contributed by atoms with E-state index in [1.807, 2.05) is 0 Å². The van der Waals surface area contributed by atoms with E-state index in [0.29, 0.717) is 19.4 Å². The Hall–Kier alpha value is -0.640. The molecule has 0 spiro atoms. The second-order valence-electron chi connectivity index (χ2n) is 2.59. The van der Waals surface area contributed by atoms with Gasteiger partial charge in [-0.1, -0.05) is 0 Å². The van der Waals surface area contributed by atoms with Crippen molar-refractivity contribution in [2.45, 2.75) is 32.9 Å². The lowest BCUT2D eigenvalue weighted by molar-refractivity contribution is -0.153. The Morgan fingerprint density at radius 1 is 1.58 bits per heavy atom. The zero-order chi connectivity index (χ0) is 9.40. The lowest BCUT2D eigenvalue weighted by Gasteiger charge is -2.04. The molecule has 72 valence electrons. The molecule has 1 atom stereocenters. The normalized spacial score (nSPS) is 12.6. The first-order valence-corrected chi connectivity index (χ1v) is 3.98.